The van der Waals surface area contributed by atoms with Crippen molar-refractivity contribution in [1.82, 2.24) is 0 Å². The zero-order chi connectivity index (χ0) is 14.2. The van der Waals surface area contributed by atoms with Gasteiger partial charge in [-0.05, 0) is 31.9 Å². The van der Waals surface area contributed by atoms with Gasteiger partial charge in [0.15, 0.2) is 5.96 Å². The van der Waals surface area contributed by atoms with Crippen LogP contribution < -0.4 is 15.4 Å². The molecule has 5 nitrogen and oxygen atoms in total. The standard InChI is InChI=1S/C15H21N3O2/c1-11-9-15(7-8-20-11)10-17-14(16)18(15)12-5-3-4-6-13(12)19-2/h3-6,11H,7-10H2,1-2H3,(H2,16,17). The molecule has 2 aliphatic heterocycles. The van der Waals surface area contributed by atoms with Crippen molar-refractivity contribution in [2.24, 2.45) is 10.7 Å². The van der Waals surface area contributed by atoms with Gasteiger partial charge in [-0.3, -0.25) is 4.99 Å². The van der Waals surface area contributed by atoms with E-state index in [-0.39, 0.29) is 11.6 Å². The molecule has 20 heavy (non-hydrogen) atoms. The molecule has 1 aromatic carbocycles. The maximum atomic E-state index is 6.17. The Hall–Kier alpha value is -1.75. The molecule has 2 N–H and O–H groups in total. The van der Waals surface area contributed by atoms with Crippen LogP contribution in [0.25, 0.3) is 0 Å². The van der Waals surface area contributed by atoms with Gasteiger partial charge in [0.25, 0.3) is 0 Å². The van der Waals surface area contributed by atoms with Gasteiger partial charge in [0.05, 0.1) is 31.0 Å². The number of benzene rings is 1. The molecular formula is C15H21N3O2. The van der Waals surface area contributed by atoms with Crippen molar-refractivity contribution in [1.29, 1.82) is 0 Å². The summed E-state index contributed by atoms with van der Waals surface area (Å²) in [5.41, 5.74) is 7.08. The third-order valence-electron chi connectivity index (χ3n) is 4.20. The average Bonchev–Trinajstić information content (AvgIpc) is 2.75. The second-order valence-electron chi connectivity index (χ2n) is 5.54. The SMILES string of the molecule is COc1ccccc1N1C(N)=NCC12CCOC(C)C2. The van der Waals surface area contributed by atoms with Crippen molar-refractivity contribution in [3.05, 3.63) is 24.3 Å². The average molecular weight is 275 g/mol. The number of hydrogen-bond acceptors (Lipinski definition) is 5. The Labute approximate surface area is 119 Å². The number of nitrogens with zero attached hydrogens (tertiary/aromatic N) is 2. The highest BCUT2D eigenvalue weighted by atomic mass is 16.5. The lowest BCUT2D eigenvalue weighted by atomic mass is 9.85. The smallest absolute Gasteiger partial charge is 0.196 e. The molecule has 0 radical (unpaired) electrons. The number of anilines is 1. The van der Waals surface area contributed by atoms with Crippen LogP contribution in [0.2, 0.25) is 0 Å². The van der Waals surface area contributed by atoms with Crippen LogP contribution in [0.15, 0.2) is 29.3 Å². The Morgan fingerprint density at radius 1 is 1.45 bits per heavy atom. The quantitative estimate of drug-likeness (QED) is 0.893. The largest absolute Gasteiger partial charge is 0.495 e. The molecule has 3 rings (SSSR count). The molecular weight excluding hydrogens is 254 g/mol. The van der Waals surface area contributed by atoms with Crippen molar-refractivity contribution < 1.29 is 9.47 Å². The zero-order valence-corrected chi connectivity index (χ0v) is 12.0. The fraction of sp³-hybridized carbons (Fsp3) is 0.533. The minimum Gasteiger partial charge on any atom is -0.495 e. The summed E-state index contributed by atoms with van der Waals surface area (Å²) in [6.45, 7) is 3.58. The van der Waals surface area contributed by atoms with Crippen molar-refractivity contribution in [3.8, 4) is 5.75 Å². The molecule has 1 spiro atoms. The first-order valence-corrected chi connectivity index (χ1v) is 7.01. The molecule has 1 aromatic rings. The fourth-order valence-corrected chi connectivity index (χ4v) is 3.30. The first kappa shape index (κ1) is 13.2. The second kappa shape index (κ2) is 4.98. The molecule has 2 unspecified atom stereocenters. The van der Waals surface area contributed by atoms with Crippen LogP contribution in [-0.4, -0.2) is 37.9 Å². The summed E-state index contributed by atoms with van der Waals surface area (Å²) in [5, 5.41) is 0. The molecule has 5 heteroatoms. The fourth-order valence-electron chi connectivity index (χ4n) is 3.30. The van der Waals surface area contributed by atoms with E-state index in [1.807, 2.05) is 24.3 Å². The molecule has 2 aliphatic rings. The van der Waals surface area contributed by atoms with Gasteiger partial charge in [0.2, 0.25) is 0 Å². The molecule has 0 aliphatic carbocycles. The Bertz CT molecular complexity index is 532. The number of aliphatic imine (C=N–C) groups is 1. The molecule has 0 bridgehead atoms. The van der Waals surface area contributed by atoms with Gasteiger partial charge in [0, 0.05) is 6.61 Å². The lowest BCUT2D eigenvalue weighted by Gasteiger charge is -2.44. The Balaban J connectivity index is 2.02. The summed E-state index contributed by atoms with van der Waals surface area (Å²) < 4.78 is 11.2. The third kappa shape index (κ3) is 2.02. The molecule has 2 atom stereocenters. The van der Waals surface area contributed by atoms with E-state index in [2.05, 4.69) is 16.8 Å². The summed E-state index contributed by atoms with van der Waals surface area (Å²) in [6.07, 6.45) is 2.08. The van der Waals surface area contributed by atoms with Gasteiger partial charge < -0.3 is 20.1 Å². The highest BCUT2D eigenvalue weighted by Gasteiger charge is 2.46. The van der Waals surface area contributed by atoms with Crippen molar-refractivity contribution in [2.45, 2.75) is 31.4 Å². The lowest BCUT2D eigenvalue weighted by molar-refractivity contribution is -0.00252. The second-order valence-corrected chi connectivity index (χ2v) is 5.54. The maximum absolute atomic E-state index is 6.17. The first-order valence-electron chi connectivity index (χ1n) is 7.01. The maximum Gasteiger partial charge on any atom is 0.196 e. The first-order chi connectivity index (χ1) is 9.66. The Morgan fingerprint density at radius 3 is 3.00 bits per heavy atom. The number of guanidine groups is 1. The van der Waals surface area contributed by atoms with Crippen molar-refractivity contribution in [3.63, 3.8) is 0 Å². The van der Waals surface area contributed by atoms with E-state index in [0.717, 1.165) is 37.4 Å². The monoisotopic (exact) mass is 275 g/mol. The van der Waals surface area contributed by atoms with Crippen LogP contribution in [-0.2, 0) is 4.74 Å². The summed E-state index contributed by atoms with van der Waals surface area (Å²) in [5.74, 6) is 1.40. The van der Waals surface area contributed by atoms with Crippen LogP contribution in [0.4, 0.5) is 5.69 Å². The van der Waals surface area contributed by atoms with E-state index in [0.29, 0.717) is 5.96 Å². The molecule has 0 saturated carbocycles. The number of hydrogen-bond donors (Lipinski definition) is 1. The van der Waals surface area contributed by atoms with E-state index in [9.17, 15) is 0 Å². The molecule has 1 saturated heterocycles. The molecule has 108 valence electrons. The van der Waals surface area contributed by atoms with Crippen molar-refractivity contribution >= 4 is 11.6 Å². The van der Waals surface area contributed by atoms with Crippen LogP contribution in [0.5, 0.6) is 5.75 Å². The minimum atomic E-state index is -0.0730. The van der Waals surface area contributed by atoms with E-state index < -0.39 is 0 Å². The molecule has 0 aromatic heterocycles. The number of para-hydroxylation sites is 2. The topological polar surface area (TPSA) is 60.1 Å². The zero-order valence-electron chi connectivity index (χ0n) is 12.0. The number of nitrogens with two attached hydrogens (primary N) is 1. The summed E-state index contributed by atoms with van der Waals surface area (Å²) in [7, 11) is 1.68. The Morgan fingerprint density at radius 2 is 2.25 bits per heavy atom. The molecule has 2 heterocycles. The number of rotatable bonds is 2. The van der Waals surface area contributed by atoms with E-state index in [1.54, 1.807) is 7.11 Å². The number of methoxy groups -OCH3 is 1. The van der Waals surface area contributed by atoms with Crippen LogP contribution in [0.1, 0.15) is 19.8 Å². The summed E-state index contributed by atoms with van der Waals surface area (Å²) in [6, 6.07) is 7.96. The highest BCUT2D eigenvalue weighted by Crippen LogP contribution is 2.41. The summed E-state index contributed by atoms with van der Waals surface area (Å²) in [4.78, 5) is 6.63. The van der Waals surface area contributed by atoms with Gasteiger partial charge >= 0.3 is 0 Å². The third-order valence-corrected chi connectivity index (χ3v) is 4.20. The predicted molar refractivity (Wildman–Crippen MR) is 79.3 cm³/mol. The van der Waals surface area contributed by atoms with Gasteiger partial charge in [-0.25, -0.2) is 0 Å². The lowest BCUT2D eigenvalue weighted by Crippen LogP contribution is -2.56. The van der Waals surface area contributed by atoms with Crippen LogP contribution in [0, 0.1) is 0 Å². The highest BCUT2D eigenvalue weighted by molar-refractivity contribution is 5.99. The van der Waals surface area contributed by atoms with Gasteiger partial charge in [-0.1, -0.05) is 12.1 Å². The van der Waals surface area contributed by atoms with E-state index in [1.165, 1.54) is 0 Å². The molecule has 1 fully saturated rings. The normalized spacial score (nSPS) is 29.6. The minimum absolute atomic E-state index is 0.0730. The number of ether oxygens (including phenoxy) is 2. The Kier molecular flexibility index (Phi) is 3.30. The van der Waals surface area contributed by atoms with Gasteiger partial charge in [-0.2, -0.15) is 0 Å². The van der Waals surface area contributed by atoms with E-state index >= 15 is 0 Å². The van der Waals surface area contributed by atoms with Gasteiger partial charge in [-0.15, -0.1) is 0 Å². The van der Waals surface area contributed by atoms with Crippen LogP contribution >= 0.6 is 0 Å². The van der Waals surface area contributed by atoms with E-state index in [4.69, 9.17) is 15.2 Å². The van der Waals surface area contributed by atoms with Crippen LogP contribution in [0.3, 0.4) is 0 Å². The predicted octanol–water partition coefficient (Wildman–Crippen LogP) is 1.77. The van der Waals surface area contributed by atoms with Gasteiger partial charge in [0.1, 0.15) is 5.75 Å². The van der Waals surface area contributed by atoms with Crippen molar-refractivity contribution in [2.75, 3.05) is 25.2 Å². The molecule has 0 amide bonds. The summed E-state index contributed by atoms with van der Waals surface area (Å²) >= 11 is 0.